The van der Waals surface area contributed by atoms with Crippen molar-refractivity contribution in [3.05, 3.63) is 10.1 Å². The van der Waals surface area contributed by atoms with E-state index in [1.165, 1.54) is 12.8 Å². The third-order valence-electron chi connectivity index (χ3n) is 6.33. The Bertz CT molecular complexity index is 491. The van der Waals surface area contributed by atoms with E-state index in [1.807, 2.05) is 0 Å². The lowest BCUT2D eigenvalue weighted by Crippen LogP contribution is -2.54. The molecule has 3 aliphatic rings. The number of ether oxygens (including phenoxy) is 1. The van der Waals surface area contributed by atoms with Crippen LogP contribution >= 0.6 is 31.9 Å². The fourth-order valence-corrected chi connectivity index (χ4v) is 6.06. The summed E-state index contributed by atoms with van der Waals surface area (Å²) >= 11 is 7.16. The number of rotatable bonds is 13. The van der Waals surface area contributed by atoms with E-state index >= 15 is 0 Å². The predicted octanol–water partition coefficient (Wildman–Crippen LogP) is 5.54. The van der Waals surface area contributed by atoms with Gasteiger partial charge in [-0.15, -0.1) is 0 Å². The molecule has 0 aromatic carbocycles. The molecule has 5 nitrogen and oxygen atoms in total. The van der Waals surface area contributed by atoms with Crippen LogP contribution in [-0.4, -0.2) is 39.6 Å². The molecule has 2 saturated heterocycles. The fourth-order valence-electron chi connectivity index (χ4n) is 4.63. The van der Waals surface area contributed by atoms with Gasteiger partial charge >= 0.3 is 0 Å². The van der Waals surface area contributed by atoms with Gasteiger partial charge in [0.05, 0.1) is 6.10 Å². The van der Waals surface area contributed by atoms with Crippen molar-refractivity contribution < 1.29 is 14.5 Å². The van der Waals surface area contributed by atoms with Crippen LogP contribution < -0.4 is 0 Å². The molecule has 2 bridgehead atoms. The number of ketones is 1. The highest BCUT2D eigenvalue weighted by atomic mass is 79.9. The molecule has 2 aliphatic heterocycles. The Balaban J connectivity index is 1.83. The lowest BCUT2D eigenvalue weighted by molar-refractivity contribution is -0.524. The number of carbonyl (C=O) groups excluding carboxylic acids is 1. The highest BCUT2D eigenvalue weighted by Gasteiger charge is 2.49. The molecule has 6 unspecified atom stereocenters. The summed E-state index contributed by atoms with van der Waals surface area (Å²) in [7, 11) is 0. The second-order valence-electron chi connectivity index (χ2n) is 8.21. The summed E-state index contributed by atoms with van der Waals surface area (Å²) in [5, 5.41) is 13.2. The van der Waals surface area contributed by atoms with Crippen LogP contribution in [0.15, 0.2) is 0 Å². The summed E-state index contributed by atoms with van der Waals surface area (Å²) in [6, 6.07) is -0.599. The minimum atomic E-state index is -0.599. The summed E-state index contributed by atoms with van der Waals surface area (Å²) in [4.78, 5) is 24.0. The van der Waals surface area contributed by atoms with Gasteiger partial charge in [0.15, 0.2) is 5.78 Å². The molecule has 1 aliphatic carbocycles. The zero-order valence-electron chi connectivity index (χ0n) is 16.3. The average Bonchev–Trinajstić information content (AvgIpc) is 2.68. The minimum absolute atomic E-state index is 0.0708. The maximum atomic E-state index is 12.8. The number of hydrogen-bond acceptors (Lipinski definition) is 4. The molecule has 0 N–H and O–H groups in total. The van der Waals surface area contributed by atoms with Gasteiger partial charge in [0.25, 0.3) is 0 Å². The second kappa shape index (κ2) is 11.9. The Hall–Kier alpha value is -0.0100. The highest BCUT2D eigenvalue weighted by Crippen LogP contribution is 2.46. The zero-order valence-corrected chi connectivity index (χ0v) is 19.5. The number of halogens is 2. The second-order valence-corrected chi connectivity index (χ2v) is 9.50. The third kappa shape index (κ3) is 6.49. The van der Waals surface area contributed by atoms with Gasteiger partial charge in [0.1, 0.15) is 6.10 Å². The number of nitro groups is 1. The number of Topliss-reactive ketones (excluding diaryl/α,β-unsaturated/α-hetero) is 1. The van der Waals surface area contributed by atoms with Crippen molar-refractivity contribution in [3.63, 3.8) is 0 Å². The van der Waals surface area contributed by atoms with Gasteiger partial charge in [0.2, 0.25) is 6.04 Å². The molecule has 2 heterocycles. The van der Waals surface area contributed by atoms with Gasteiger partial charge in [-0.2, -0.15) is 0 Å². The minimum Gasteiger partial charge on any atom is -0.367 e. The van der Waals surface area contributed by atoms with Crippen LogP contribution in [0.25, 0.3) is 0 Å². The summed E-state index contributed by atoms with van der Waals surface area (Å²) in [6.45, 7) is 2.16. The maximum Gasteiger partial charge on any atom is 0.213 e. The van der Waals surface area contributed by atoms with Crippen LogP contribution in [0.4, 0.5) is 0 Å². The van der Waals surface area contributed by atoms with E-state index in [4.69, 9.17) is 4.74 Å². The van der Waals surface area contributed by atoms with Crippen molar-refractivity contribution in [2.24, 2.45) is 17.8 Å². The number of fused-ring (bicyclic) bond motifs is 3. The first-order chi connectivity index (χ1) is 13.0. The third-order valence-corrected chi connectivity index (χ3v) is 7.99. The van der Waals surface area contributed by atoms with Gasteiger partial charge in [-0.25, -0.2) is 0 Å². The topological polar surface area (TPSA) is 69.4 Å². The quantitative estimate of drug-likeness (QED) is 0.141. The van der Waals surface area contributed by atoms with Gasteiger partial charge in [-0.05, 0) is 37.0 Å². The Kier molecular flexibility index (Phi) is 10.2. The first-order valence-corrected chi connectivity index (χ1v) is 12.7. The number of unbranched alkanes of at least 4 members (excludes halogenated alkanes) is 4. The number of nitrogens with zero attached hydrogens (tertiary/aromatic N) is 1. The van der Waals surface area contributed by atoms with Crippen molar-refractivity contribution in [2.75, 3.05) is 10.7 Å². The molecular formula is C20H33Br2NO4. The van der Waals surface area contributed by atoms with Crippen molar-refractivity contribution in [2.45, 2.75) is 89.4 Å². The highest BCUT2D eigenvalue weighted by molar-refractivity contribution is 9.09. The SMILES string of the molecule is CCCCCCCC(CCC(=O)C1OC2CC(CBr)C1CC2CBr)[N+](=O)[O-]. The van der Waals surface area contributed by atoms with E-state index in [2.05, 4.69) is 38.8 Å². The monoisotopic (exact) mass is 509 g/mol. The number of alkyl halides is 2. The van der Waals surface area contributed by atoms with Crippen LogP contribution in [0.1, 0.15) is 71.1 Å². The molecule has 0 radical (unpaired) electrons. The molecular weight excluding hydrogens is 478 g/mol. The standard InChI is InChI=1S/C20H33Br2NO4/c1-2-3-4-5-6-7-16(23(25)26)8-9-18(24)20-17-10-15(13-22)19(27-20)11-14(17)12-21/h14-17,19-20H,2-13H2,1H3. The Morgan fingerprint density at radius 3 is 2.41 bits per heavy atom. The zero-order chi connectivity index (χ0) is 19.8. The van der Waals surface area contributed by atoms with E-state index in [-0.39, 0.29) is 35.3 Å². The molecule has 156 valence electrons. The molecule has 3 rings (SSSR count). The van der Waals surface area contributed by atoms with Crippen LogP contribution in [0.5, 0.6) is 0 Å². The summed E-state index contributed by atoms with van der Waals surface area (Å²) < 4.78 is 6.13. The van der Waals surface area contributed by atoms with Gasteiger partial charge in [-0.3, -0.25) is 14.9 Å². The van der Waals surface area contributed by atoms with E-state index in [9.17, 15) is 14.9 Å². The Labute approximate surface area is 179 Å². The first kappa shape index (κ1) is 23.3. The molecule has 27 heavy (non-hydrogen) atoms. The van der Waals surface area contributed by atoms with E-state index in [1.54, 1.807) is 0 Å². The molecule has 7 heteroatoms. The molecule has 0 amide bonds. The Morgan fingerprint density at radius 1 is 1.11 bits per heavy atom. The molecule has 6 atom stereocenters. The van der Waals surface area contributed by atoms with Crippen molar-refractivity contribution in [3.8, 4) is 0 Å². The largest absolute Gasteiger partial charge is 0.367 e. The molecule has 0 aromatic heterocycles. The van der Waals surface area contributed by atoms with E-state index in [0.717, 1.165) is 42.8 Å². The number of hydrogen-bond donors (Lipinski definition) is 0. The Morgan fingerprint density at radius 2 is 1.81 bits per heavy atom. The normalized spacial score (nSPS) is 31.0. The molecule has 0 aromatic rings. The van der Waals surface area contributed by atoms with Crippen LogP contribution in [0.2, 0.25) is 0 Å². The van der Waals surface area contributed by atoms with Crippen LogP contribution in [-0.2, 0) is 9.53 Å². The van der Waals surface area contributed by atoms with Crippen LogP contribution in [0, 0.1) is 27.9 Å². The van der Waals surface area contributed by atoms with Gasteiger partial charge in [-0.1, -0.05) is 64.5 Å². The van der Waals surface area contributed by atoms with Crippen molar-refractivity contribution in [1.29, 1.82) is 0 Å². The fraction of sp³-hybridized carbons (Fsp3) is 0.950. The molecule has 3 fully saturated rings. The lowest BCUT2D eigenvalue weighted by Gasteiger charge is -2.50. The lowest BCUT2D eigenvalue weighted by atomic mass is 9.67. The van der Waals surface area contributed by atoms with E-state index in [0.29, 0.717) is 24.7 Å². The van der Waals surface area contributed by atoms with Gasteiger partial charge < -0.3 is 4.74 Å². The average molecular weight is 511 g/mol. The molecule has 1 saturated carbocycles. The van der Waals surface area contributed by atoms with Crippen molar-refractivity contribution in [1.82, 2.24) is 0 Å². The number of carbonyl (C=O) groups is 1. The summed E-state index contributed by atoms with van der Waals surface area (Å²) in [6.07, 6.45) is 8.40. The van der Waals surface area contributed by atoms with Crippen LogP contribution in [0.3, 0.4) is 0 Å². The maximum absolute atomic E-state index is 12.8. The smallest absolute Gasteiger partial charge is 0.213 e. The van der Waals surface area contributed by atoms with Gasteiger partial charge in [0, 0.05) is 34.8 Å². The molecule has 0 spiro atoms. The predicted molar refractivity (Wildman–Crippen MR) is 114 cm³/mol. The summed E-state index contributed by atoms with van der Waals surface area (Å²) in [5.41, 5.74) is 0. The summed E-state index contributed by atoms with van der Waals surface area (Å²) in [5.74, 6) is 1.26. The first-order valence-electron chi connectivity index (χ1n) is 10.4. The van der Waals surface area contributed by atoms with E-state index < -0.39 is 6.04 Å². The van der Waals surface area contributed by atoms with Crippen molar-refractivity contribution >= 4 is 37.6 Å².